The summed E-state index contributed by atoms with van der Waals surface area (Å²) in [6.45, 7) is 5.12. The van der Waals surface area contributed by atoms with Gasteiger partial charge in [0.05, 0.1) is 0 Å². The van der Waals surface area contributed by atoms with Crippen LogP contribution >= 0.6 is 11.6 Å². The predicted octanol–water partition coefficient (Wildman–Crippen LogP) is 1.64. The van der Waals surface area contributed by atoms with Crippen molar-refractivity contribution < 1.29 is 19.1 Å². The van der Waals surface area contributed by atoms with Crippen LogP contribution in [0.25, 0.3) is 0 Å². The molecule has 0 spiro atoms. The first kappa shape index (κ1) is 15.6. The molecule has 1 N–H and O–H groups in total. The lowest BCUT2D eigenvalue weighted by Gasteiger charge is -2.21. The van der Waals surface area contributed by atoms with Gasteiger partial charge in [-0.1, -0.05) is 11.6 Å². The molecule has 0 bridgehead atoms. The maximum absolute atomic E-state index is 11.4. The molecule has 0 aliphatic rings. The van der Waals surface area contributed by atoms with Gasteiger partial charge in [0, 0.05) is 6.42 Å². The van der Waals surface area contributed by atoms with E-state index in [4.69, 9.17) is 22.8 Å². The fourth-order valence-corrected chi connectivity index (χ4v) is 1.02. The maximum atomic E-state index is 11.4. The third-order valence-corrected chi connectivity index (χ3v) is 1.60. The second kappa shape index (κ2) is 7.02. The lowest BCUT2D eigenvalue weighted by molar-refractivity contribution is -0.143. The summed E-state index contributed by atoms with van der Waals surface area (Å²) in [5, 5.41) is 2.32. The Bertz CT molecular complexity index is 316. The molecule has 0 aromatic rings. The predicted molar refractivity (Wildman–Crippen MR) is 63.4 cm³/mol. The molecule has 0 saturated heterocycles. The average Bonchev–Trinajstić information content (AvgIpc) is 2.14. The molecule has 0 fully saturated rings. The number of alkyl halides is 1. The van der Waals surface area contributed by atoms with Gasteiger partial charge < -0.3 is 14.8 Å². The summed E-state index contributed by atoms with van der Waals surface area (Å²) in [5.74, 6) is 1.57. The fourth-order valence-electron chi connectivity index (χ4n) is 0.915. The van der Waals surface area contributed by atoms with Crippen molar-refractivity contribution in [3.05, 3.63) is 0 Å². The molecule has 0 rings (SSSR count). The lowest BCUT2D eigenvalue weighted by Crippen LogP contribution is -2.44. The zero-order chi connectivity index (χ0) is 13.5. The van der Waals surface area contributed by atoms with Crippen LogP contribution in [-0.2, 0) is 14.3 Å². The van der Waals surface area contributed by atoms with E-state index in [9.17, 15) is 9.59 Å². The normalized spacial score (nSPS) is 12.2. The summed E-state index contributed by atoms with van der Waals surface area (Å²) in [7, 11) is 0. The van der Waals surface area contributed by atoms with Crippen LogP contribution < -0.4 is 5.32 Å². The second-order valence-corrected chi connectivity index (χ2v) is 4.40. The summed E-state index contributed by atoms with van der Waals surface area (Å²) < 4.78 is 9.53. The standard InChI is InChI=1S/C11H16ClNO4/c1-5-6-8(9(14)16-7-12)13-10(15)17-11(2,3)4/h1,8H,6-7H2,2-4H3,(H,13,15)/t8-/m0/s1. The smallest absolute Gasteiger partial charge is 0.408 e. The Kier molecular flexibility index (Phi) is 6.44. The van der Waals surface area contributed by atoms with Crippen molar-refractivity contribution in [3.63, 3.8) is 0 Å². The minimum Gasteiger partial charge on any atom is -0.448 e. The Morgan fingerprint density at radius 2 is 2.06 bits per heavy atom. The van der Waals surface area contributed by atoms with Crippen molar-refractivity contribution in [2.45, 2.75) is 38.8 Å². The van der Waals surface area contributed by atoms with E-state index in [2.05, 4.69) is 16.0 Å². The van der Waals surface area contributed by atoms with Crippen LogP contribution in [0.1, 0.15) is 27.2 Å². The highest BCUT2D eigenvalue weighted by Gasteiger charge is 2.24. The Hall–Kier alpha value is -1.41. The zero-order valence-electron chi connectivity index (χ0n) is 10.1. The Labute approximate surface area is 106 Å². The first-order chi connectivity index (χ1) is 7.80. The van der Waals surface area contributed by atoms with Crippen LogP contribution in [0.2, 0.25) is 0 Å². The van der Waals surface area contributed by atoms with Crippen molar-refractivity contribution in [3.8, 4) is 12.3 Å². The van der Waals surface area contributed by atoms with Gasteiger partial charge in [0.15, 0.2) is 6.07 Å². The van der Waals surface area contributed by atoms with Crippen LogP contribution in [-0.4, -0.2) is 29.8 Å². The highest BCUT2D eigenvalue weighted by Crippen LogP contribution is 2.07. The zero-order valence-corrected chi connectivity index (χ0v) is 10.8. The number of alkyl carbamates (subject to hydrolysis) is 1. The van der Waals surface area contributed by atoms with Crippen molar-refractivity contribution in [2.24, 2.45) is 0 Å². The number of rotatable bonds is 4. The summed E-state index contributed by atoms with van der Waals surface area (Å²) in [5.41, 5.74) is -0.652. The van der Waals surface area contributed by atoms with Crippen LogP contribution in [0.4, 0.5) is 4.79 Å². The first-order valence-corrected chi connectivity index (χ1v) is 5.49. The largest absolute Gasteiger partial charge is 0.448 e. The van der Waals surface area contributed by atoms with Gasteiger partial charge in [-0.25, -0.2) is 9.59 Å². The van der Waals surface area contributed by atoms with Crippen molar-refractivity contribution in [1.29, 1.82) is 0 Å². The van der Waals surface area contributed by atoms with Gasteiger partial charge in [-0.3, -0.25) is 0 Å². The number of terminal acetylenes is 1. The summed E-state index contributed by atoms with van der Waals surface area (Å²) in [6.07, 6.45) is 4.36. The molecule has 1 atom stereocenters. The van der Waals surface area contributed by atoms with Gasteiger partial charge in [-0.15, -0.1) is 12.3 Å². The second-order valence-electron chi connectivity index (χ2n) is 4.18. The quantitative estimate of drug-likeness (QED) is 0.475. The van der Waals surface area contributed by atoms with E-state index in [1.807, 2.05) is 0 Å². The number of hydrogen-bond acceptors (Lipinski definition) is 4. The molecule has 5 nitrogen and oxygen atoms in total. The number of hydrogen-bond donors (Lipinski definition) is 1. The van der Waals surface area contributed by atoms with E-state index < -0.39 is 23.7 Å². The minimum absolute atomic E-state index is 0.00889. The van der Waals surface area contributed by atoms with E-state index >= 15 is 0 Å². The highest BCUT2D eigenvalue weighted by atomic mass is 35.5. The maximum Gasteiger partial charge on any atom is 0.408 e. The van der Waals surface area contributed by atoms with Crippen molar-refractivity contribution in [1.82, 2.24) is 5.32 Å². The first-order valence-electron chi connectivity index (χ1n) is 4.95. The van der Waals surface area contributed by atoms with Gasteiger partial charge in [-0.05, 0) is 20.8 Å². The fraction of sp³-hybridized carbons (Fsp3) is 0.636. The molecule has 17 heavy (non-hydrogen) atoms. The molecule has 6 heteroatoms. The Morgan fingerprint density at radius 1 is 1.47 bits per heavy atom. The number of ether oxygens (including phenoxy) is 2. The highest BCUT2D eigenvalue weighted by molar-refractivity contribution is 6.17. The van der Waals surface area contributed by atoms with Gasteiger partial charge in [0.1, 0.15) is 11.6 Å². The lowest BCUT2D eigenvalue weighted by atomic mass is 10.2. The molecule has 0 aliphatic carbocycles. The average molecular weight is 262 g/mol. The molecular formula is C11H16ClNO4. The third kappa shape index (κ3) is 7.47. The summed E-state index contributed by atoms with van der Waals surface area (Å²) in [6, 6.07) is -1.25. The molecule has 96 valence electrons. The molecule has 0 aromatic carbocycles. The van der Waals surface area contributed by atoms with E-state index in [0.717, 1.165) is 0 Å². The number of carbonyl (C=O) groups is 2. The van der Waals surface area contributed by atoms with E-state index in [1.54, 1.807) is 20.8 Å². The number of carbonyl (C=O) groups excluding carboxylic acids is 2. The van der Waals surface area contributed by atoms with Crippen LogP contribution in [0, 0.1) is 12.3 Å². The van der Waals surface area contributed by atoms with Crippen molar-refractivity contribution >= 4 is 23.7 Å². The Balaban J connectivity index is 4.40. The number of halogens is 1. The van der Waals surface area contributed by atoms with Gasteiger partial charge in [0.25, 0.3) is 0 Å². The van der Waals surface area contributed by atoms with Crippen LogP contribution in [0.5, 0.6) is 0 Å². The Morgan fingerprint density at radius 3 is 2.47 bits per heavy atom. The topological polar surface area (TPSA) is 64.6 Å². The van der Waals surface area contributed by atoms with E-state index in [0.29, 0.717) is 0 Å². The minimum atomic E-state index is -0.950. The van der Waals surface area contributed by atoms with Gasteiger partial charge >= 0.3 is 12.1 Å². The molecule has 0 heterocycles. The molecule has 0 radical (unpaired) electrons. The number of amides is 1. The SMILES string of the molecule is C#CC[C@H](NC(=O)OC(C)(C)C)C(=O)OCCl. The van der Waals surface area contributed by atoms with Crippen LogP contribution in [0.3, 0.4) is 0 Å². The number of nitrogens with one attached hydrogen (secondary N) is 1. The monoisotopic (exact) mass is 261 g/mol. The summed E-state index contributed by atoms with van der Waals surface area (Å²) >= 11 is 5.24. The van der Waals surface area contributed by atoms with Crippen molar-refractivity contribution in [2.75, 3.05) is 6.07 Å². The molecule has 0 aliphatic heterocycles. The van der Waals surface area contributed by atoms with E-state index in [1.165, 1.54) is 0 Å². The summed E-state index contributed by atoms with van der Waals surface area (Å²) in [4.78, 5) is 22.8. The molecule has 0 aromatic heterocycles. The molecule has 0 unspecified atom stereocenters. The van der Waals surface area contributed by atoms with Gasteiger partial charge in [-0.2, -0.15) is 0 Å². The molecule has 0 saturated carbocycles. The van der Waals surface area contributed by atoms with Gasteiger partial charge in [0.2, 0.25) is 0 Å². The third-order valence-electron chi connectivity index (χ3n) is 1.49. The molecular weight excluding hydrogens is 246 g/mol. The van der Waals surface area contributed by atoms with Crippen LogP contribution in [0.15, 0.2) is 0 Å². The number of esters is 1. The van der Waals surface area contributed by atoms with E-state index in [-0.39, 0.29) is 12.5 Å². The molecule has 1 amide bonds.